The second kappa shape index (κ2) is 6.01. The number of sulfonamides is 1. The number of nitrogens with one attached hydrogen (secondary N) is 1. The Hall–Kier alpha value is -1.27. The smallest absolute Gasteiger partial charge is 0.244 e. The molecule has 112 valence electrons. The number of nitrogen functional groups attached to an aromatic ring is 1. The molecule has 1 aromatic rings. The predicted molar refractivity (Wildman–Crippen MR) is 79.3 cm³/mol. The van der Waals surface area contributed by atoms with E-state index in [0.29, 0.717) is 23.9 Å². The Balaban J connectivity index is 2.13. The topological polar surface area (TPSA) is 81.4 Å². The minimum atomic E-state index is -3.58. The Morgan fingerprint density at radius 2 is 2.10 bits per heavy atom. The van der Waals surface area contributed by atoms with E-state index in [1.165, 1.54) is 32.4 Å². The molecule has 6 heteroatoms. The summed E-state index contributed by atoms with van der Waals surface area (Å²) in [4.78, 5) is 0.108. The molecule has 0 saturated heterocycles. The van der Waals surface area contributed by atoms with Gasteiger partial charge in [0, 0.05) is 12.2 Å². The summed E-state index contributed by atoms with van der Waals surface area (Å²) >= 11 is 0. The van der Waals surface area contributed by atoms with Crippen LogP contribution in [0.3, 0.4) is 0 Å². The molecule has 1 fully saturated rings. The van der Waals surface area contributed by atoms with Gasteiger partial charge >= 0.3 is 0 Å². The highest BCUT2D eigenvalue weighted by molar-refractivity contribution is 7.89. The highest BCUT2D eigenvalue weighted by Gasteiger charge is 2.22. The zero-order valence-electron chi connectivity index (χ0n) is 12.0. The normalized spacial score (nSPS) is 15.9. The number of benzene rings is 1. The maximum atomic E-state index is 12.3. The first-order valence-electron chi connectivity index (χ1n) is 6.88. The number of methoxy groups -OCH3 is 1. The molecule has 0 atom stereocenters. The van der Waals surface area contributed by atoms with E-state index >= 15 is 0 Å². The number of nitrogens with two attached hydrogens (primary N) is 1. The summed E-state index contributed by atoms with van der Waals surface area (Å²) in [5.74, 6) is 0.996. The monoisotopic (exact) mass is 298 g/mol. The average molecular weight is 298 g/mol. The highest BCUT2D eigenvalue weighted by Crippen LogP contribution is 2.30. The molecule has 1 aliphatic rings. The van der Waals surface area contributed by atoms with Gasteiger partial charge in [-0.05, 0) is 37.0 Å². The van der Waals surface area contributed by atoms with Crippen molar-refractivity contribution in [2.24, 2.45) is 5.92 Å². The summed E-state index contributed by atoms with van der Waals surface area (Å²) in [6.07, 6.45) is 4.58. The van der Waals surface area contributed by atoms with E-state index in [0.717, 1.165) is 12.0 Å². The summed E-state index contributed by atoms with van der Waals surface area (Å²) in [7, 11) is -2.12. The van der Waals surface area contributed by atoms with Crippen LogP contribution < -0.4 is 15.2 Å². The molecule has 5 nitrogen and oxygen atoms in total. The van der Waals surface area contributed by atoms with Gasteiger partial charge in [0.1, 0.15) is 10.6 Å². The summed E-state index contributed by atoms with van der Waals surface area (Å²) in [5.41, 5.74) is 7.05. The first-order chi connectivity index (χ1) is 9.44. The van der Waals surface area contributed by atoms with E-state index < -0.39 is 10.0 Å². The summed E-state index contributed by atoms with van der Waals surface area (Å²) in [6, 6.07) is 3.11. The second-order valence-electron chi connectivity index (χ2n) is 5.34. The first-order valence-corrected chi connectivity index (χ1v) is 8.36. The number of anilines is 1. The van der Waals surface area contributed by atoms with Crippen LogP contribution in [0.5, 0.6) is 5.75 Å². The number of rotatable bonds is 6. The molecule has 0 spiro atoms. The molecule has 0 amide bonds. The molecule has 1 aliphatic carbocycles. The molecule has 0 bridgehead atoms. The van der Waals surface area contributed by atoms with Gasteiger partial charge in [0.2, 0.25) is 10.0 Å². The number of hydrogen-bond donors (Lipinski definition) is 2. The number of hydrogen-bond acceptors (Lipinski definition) is 4. The van der Waals surface area contributed by atoms with E-state index in [4.69, 9.17) is 10.5 Å². The van der Waals surface area contributed by atoms with Crippen LogP contribution >= 0.6 is 0 Å². The quantitative estimate of drug-likeness (QED) is 0.788. The van der Waals surface area contributed by atoms with Crippen molar-refractivity contribution in [1.29, 1.82) is 0 Å². The maximum absolute atomic E-state index is 12.3. The van der Waals surface area contributed by atoms with Gasteiger partial charge in [-0.15, -0.1) is 0 Å². The van der Waals surface area contributed by atoms with Crippen LogP contribution in [-0.4, -0.2) is 22.1 Å². The molecule has 0 heterocycles. The van der Waals surface area contributed by atoms with Crippen molar-refractivity contribution < 1.29 is 13.2 Å². The molecule has 0 unspecified atom stereocenters. The first kappa shape index (κ1) is 15.1. The fraction of sp³-hybridized carbons (Fsp3) is 0.571. The van der Waals surface area contributed by atoms with Crippen LogP contribution in [0.15, 0.2) is 17.0 Å². The molecule has 0 radical (unpaired) electrons. The molecular formula is C14H22N2O3S. The number of aryl methyl sites for hydroxylation is 1. The van der Waals surface area contributed by atoms with E-state index in [2.05, 4.69) is 4.72 Å². The third-order valence-corrected chi connectivity index (χ3v) is 5.39. The zero-order chi connectivity index (χ0) is 14.8. The van der Waals surface area contributed by atoms with Crippen molar-refractivity contribution in [3.05, 3.63) is 17.7 Å². The van der Waals surface area contributed by atoms with E-state index in [1.807, 2.05) is 6.92 Å². The minimum Gasteiger partial charge on any atom is -0.495 e. The van der Waals surface area contributed by atoms with Crippen LogP contribution in [0.4, 0.5) is 5.69 Å². The van der Waals surface area contributed by atoms with Gasteiger partial charge in [-0.25, -0.2) is 13.1 Å². The van der Waals surface area contributed by atoms with Gasteiger partial charge in [0.05, 0.1) is 7.11 Å². The van der Waals surface area contributed by atoms with Gasteiger partial charge in [0.15, 0.2) is 0 Å². The molecule has 2 rings (SSSR count). The van der Waals surface area contributed by atoms with Gasteiger partial charge < -0.3 is 10.5 Å². The molecular weight excluding hydrogens is 276 g/mol. The Morgan fingerprint density at radius 1 is 1.40 bits per heavy atom. The van der Waals surface area contributed by atoms with Gasteiger partial charge in [-0.3, -0.25) is 0 Å². The SMILES string of the molecule is COc1cc(C)c(N)cc1S(=O)(=O)NCCC1CCC1. The van der Waals surface area contributed by atoms with Crippen LogP contribution in [0, 0.1) is 12.8 Å². The standard InChI is InChI=1S/C14H22N2O3S/c1-10-8-13(19-2)14(9-12(10)15)20(17,18)16-7-6-11-4-3-5-11/h8-9,11,16H,3-7,15H2,1-2H3. The Morgan fingerprint density at radius 3 is 2.65 bits per heavy atom. The van der Waals surface area contributed by atoms with Gasteiger partial charge in [0.25, 0.3) is 0 Å². The Labute approximate surface area is 120 Å². The van der Waals surface area contributed by atoms with Crippen molar-refractivity contribution in [3.8, 4) is 5.75 Å². The summed E-state index contributed by atoms with van der Waals surface area (Å²) in [6.45, 7) is 2.28. The third kappa shape index (κ3) is 3.24. The van der Waals surface area contributed by atoms with Crippen molar-refractivity contribution in [3.63, 3.8) is 0 Å². The molecule has 0 aromatic heterocycles. The maximum Gasteiger partial charge on any atom is 0.244 e. The van der Waals surface area contributed by atoms with Crippen molar-refractivity contribution >= 4 is 15.7 Å². The van der Waals surface area contributed by atoms with Crippen LogP contribution in [0.25, 0.3) is 0 Å². The van der Waals surface area contributed by atoms with Crippen LogP contribution in [0.2, 0.25) is 0 Å². The van der Waals surface area contributed by atoms with Crippen LogP contribution in [-0.2, 0) is 10.0 Å². The molecule has 1 aromatic carbocycles. The Kier molecular flexibility index (Phi) is 4.55. The lowest BCUT2D eigenvalue weighted by Gasteiger charge is -2.25. The van der Waals surface area contributed by atoms with Gasteiger partial charge in [-0.2, -0.15) is 0 Å². The fourth-order valence-corrected chi connectivity index (χ4v) is 3.53. The average Bonchev–Trinajstić information content (AvgIpc) is 2.35. The summed E-state index contributed by atoms with van der Waals surface area (Å²) < 4.78 is 32.4. The molecule has 0 aliphatic heterocycles. The zero-order valence-corrected chi connectivity index (χ0v) is 12.8. The number of ether oxygens (including phenoxy) is 1. The minimum absolute atomic E-state index is 0.108. The fourth-order valence-electron chi connectivity index (χ4n) is 2.30. The molecule has 20 heavy (non-hydrogen) atoms. The second-order valence-corrected chi connectivity index (χ2v) is 7.08. The summed E-state index contributed by atoms with van der Waals surface area (Å²) in [5, 5.41) is 0. The Bertz CT molecular complexity index is 580. The lowest BCUT2D eigenvalue weighted by molar-refractivity contribution is 0.297. The third-order valence-electron chi connectivity index (χ3n) is 3.91. The lowest BCUT2D eigenvalue weighted by atomic mass is 9.83. The lowest BCUT2D eigenvalue weighted by Crippen LogP contribution is -2.28. The highest BCUT2D eigenvalue weighted by atomic mass is 32.2. The van der Waals surface area contributed by atoms with Crippen molar-refractivity contribution in [1.82, 2.24) is 4.72 Å². The van der Waals surface area contributed by atoms with Crippen molar-refractivity contribution in [2.75, 3.05) is 19.4 Å². The van der Waals surface area contributed by atoms with E-state index in [9.17, 15) is 8.42 Å². The van der Waals surface area contributed by atoms with Gasteiger partial charge in [-0.1, -0.05) is 19.3 Å². The molecule has 1 saturated carbocycles. The molecule has 3 N–H and O–H groups in total. The largest absolute Gasteiger partial charge is 0.495 e. The van der Waals surface area contributed by atoms with Crippen LogP contribution in [0.1, 0.15) is 31.2 Å². The van der Waals surface area contributed by atoms with Crippen molar-refractivity contribution in [2.45, 2.75) is 37.5 Å². The van der Waals surface area contributed by atoms with E-state index in [1.54, 1.807) is 6.07 Å². The predicted octanol–water partition coefficient (Wildman–Crippen LogP) is 2.05. The van der Waals surface area contributed by atoms with E-state index in [-0.39, 0.29) is 4.90 Å².